The highest BCUT2D eigenvalue weighted by atomic mass is 15.2. The SMILES string of the molecule is Cc1cc(C(C)(C)C)ccc1N1c2cc3c(cc2B2c4ccc5c(c4N(c4cc6c(cc4C)C(C)(C)CCC6(C)C)c4cc(-c6ccccc6)cc1c42)C(C)(C)c1cc2c(cc1-5)C(C)(C)CCC2(C)C)C(C)(C)CCC3(C)C. The topological polar surface area (TPSA) is 6.48 Å². The first-order valence-electron chi connectivity index (χ1n) is 30.0. The molecule has 0 fully saturated rings. The van der Waals surface area contributed by atoms with Gasteiger partial charge in [-0.15, -0.1) is 0 Å². The lowest BCUT2D eigenvalue weighted by Crippen LogP contribution is -2.62. The standard InChI is InChI=1S/C75H87BN2/c1-44-35-48(68(3,4)5)25-28-60(44)77-62-43-57-55(72(12,13)32-34-74(57,16)17)41-59(62)76-58-27-26-49-50-39-53-54(71(10,11)31-30-70(53,8)9)40-51(50)75(18,19)65(49)67(58)78(64-38-47(37-63(77)66(64)76)46-23-21-20-22-24-46)61-42-56-52(36-45(61)2)69(6,7)29-33-73(56,14)15/h20-28,35-43H,29-34H2,1-19H3. The molecule has 3 heteroatoms. The second-order valence-electron chi connectivity index (χ2n) is 31.1. The summed E-state index contributed by atoms with van der Waals surface area (Å²) < 4.78 is 0. The van der Waals surface area contributed by atoms with Gasteiger partial charge in [-0.25, -0.2) is 0 Å². The second-order valence-corrected chi connectivity index (χ2v) is 31.1. The van der Waals surface area contributed by atoms with Gasteiger partial charge in [0.2, 0.25) is 0 Å². The van der Waals surface area contributed by atoms with Gasteiger partial charge >= 0.3 is 0 Å². The fourth-order valence-corrected chi connectivity index (χ4v) is 16.1. The van der Waals surface area contributed by atoms with Crippen molar-refractivity contribution in [3.05, 3.63) is 170 Å². The molecule has 400 valence electrons. The van der Waals surface area contributed by atoms with Crippen LogP contribution in [0, 0.1) is 13.8 Å². The van der Waals surface area contributed by atoms with E-state index in [0.717, 1.165) is 0 Å². The summed E-state index contributed by atoms with van der Waals surface area (Å²) in [6.45, 7) is 47.0. The van der Waals surface area contributed by atoms with Crippen molar-refractivity contribution in [3.8, 4) is 22.3 Å². The number of hydrogen-bond donors (Lipinski definition) is 0. The number of anilines is 6. The predicted molar refractivity (Wildman–Crippen MR) is 337 cm³/mol. The zero-order valence-corrected chi connectivity index (χ0v) is 51.1. The van der Waals surface area contributed by atoms with Gasteiger partial charge < -0.3 is 9.80 Å². The van der Waals surface area contributed by atoms with Crippen molar-refractivity contribution < 1.29 is 0 Å². The van der Waals surface area contributed by atoms with E-state index in [9.17, 15) is 0 Å². The molecule has 0 atom stereocenters. The van der Waals surface area contributed by atoms with Crippen LogP contribution in [0.5, 0.6) is 0 Å². The smallest absolute Gasteiger partial charge is 0.252 e. The minimum Gasteiger partial charge on any atom is -0.311 e. The number of benzene rings is 7. The minimum absolute atomic E-state index is 0.0122. The maximum absolute atomic E-state index is 2.84. The molecule has 0 bridgehead atoms. The van der Waals surface area contributed by atoms with Crippen LogP contribution in [0.15, 0.2) is 109 Å². The van der Waals surface area contributed by atoms with E-state index < -0.39 is 0 Å². The van der Waals surface area contributed by atoms with Crippen LogP contribution in [0.4, 0.5) is 34.1 Å². The molecule has 2 aliphatic heterocycles. The molecular formula is C75H87BN2. The Balaban J connectivity index is 1.21. The van der Waals surface area contributed by atoms with Gasteiger partial charge in [-0.3, -0.25) is 0 Å². The normalized spacial score (nSPS) is 20.6. The molecule has 0 aromatic heterocycles. The highest BCUT2D eigenvalue weighted by Gasteiger charge is 2.52. The van der Waals surface area contributed by atoms with Gasteiger partial charge in [0.1, 0.15) is 0 Å². The molecule has 0 saturated carbocycles. The second kappa shape index (κ2) is 16.2. The Morgan fingerprint density at radius 2 is 0.872 bits per heavy atom. The van der Waals surface area contributed by atoms with Crippen LogP contribution >= 0.6 is 0 Å². The first-order chi connectivity index (χ1) is 36.3. The summed E-state index contributed by atoms with van der Waals surface area (Å²) in [5, 5.41) is 0. The third kappa shape index (κ3) is 7.26. The summed E-state index contributed by atoms with van der Waals surface area (Å²) in [6.07, 6.45) is 7.09. The van der Waals surface area contributed by atoms with Crippen molar-refractivity contribution in [2.75, 3.05) is 9.80 Å². The van der Waals surface area contributed by atoms with E-state index >= 15 is 0 Å². The first-order valence-corrected chi connectivity index (χ1v) is 30.0. The summed E-state index contributed by atoms with van der Waals surface area (Å²) in [6, 6.07) is 45.1. The Kier molecular flexibility index (Phi) is 10.7. The molecule has 0 saturated heterocycles. The summed E-state index contributed by atoms with van der Waals surface area (Å²) in [4.78, 5) is 5.57. The highest BCUT2D eigenvalue weighted by molar-refractivity contribution is 7.00. The third-order valence-electron chi connectivity index (χ3n) is 21.6. The summed E-state index contributed by atoms with van der Waals surface area (Å²) in [7, 11) is 0. The molecule has 0 N–H and O–H groups in total. The number of fused-ring (bicyclic) bond motifs is 11. The number of aryl methyl sites for hydroxylation is 2. The van der Waals surface area contributed by atoms with Gasteiger partial charge in [0, 0.05) is 39.5 Å². The monoisotopic (exact) mass is 1030 g/mol. The maximum Gasteiger partial charge on any atom is 0.252 e. The van der Waals surface area contributed by atoms with Crippen LogP contribution in [0.1, 0.15) is 217 Å². The molecule has 4 aliphatic carbocycles. The molecule has 0 unspecified atom stereocenters. The third-order valence-corrected chi connectivity index (χ3v) is 21.6. The van der Waals surface area contributed by atoms with Gasteiger partial charge in [-0.05, 0) is 227 Å². The quantitative estimate of drug-likeness (QED) is 0.163. The molecular weight excluding hydrogens is 940 g/mol. The maximum atomic E-state index is 2.84. The van der Waals surface area contributed by atoms with Gasteiger partial charge in [0.15, 0.2) is 0 Å². The van der Waals surface area contributed by atoms with E-state index in [1.54, 1.807) is 5.56 Å². The van der Waals surface area contributed by atoms with Gasteiger partial charge in [0.25, 0.3) is 6.71 Å². The lowest BCUT2D eigenvalue weighted by atomic mass is 9.32. The lowest BCUT2D eigenvalue weighted by Gasteiger charge is -2.49. The first kappa shape index (κ1) is 51.6. The van der Waals surface area contributed by atoms with Crippen LogP contribution in [-0.2, 0) is 43.3 Å². The molecule has 2 nitrogen and oxygen atoms in total. The molecule has 0 radical (unpaired) electrons. The Morgan fingerprint density at radius 3 is 1.42 bits per heavy atom. The van der Waals surface area contributed by atoms with E-state index in [-0.39, 0.29) is 50.0 Å². The highest BCUT2D eigenvalue weighted by Crippen LogP contribution is 2.60. The molecule has 7 aromatic rings. The fourth-order valence-electron chi connectivity index (χ4n) is 16.1. The van der Waals surface area contributed by atoms with Crippen molar-refractivity contribution >= 4 is 57.2 Å². The van der Waals surface area contributed by atoms with E-state index in [1.807, 2.05) is 0 Å². The zero-order chi connectivity index (χ0) is 55.6. The van der Waals surface area contributed by atoms with E-state index in [2.05, 4.69) is 251 Å². The van der Waals surface area contributed by atoms with Crippen molar-refractivity contribution in [1.29, 1.82) is 0 Å². The largest absolute Gasteiger partial charge is 0.311 e. The van der Waals surface area contributed by atoms with Gasteiger partial charge in [-0.2, -0.15) is 0 Å². The molecule has 6 aliphatic rings. The molecule has 7 aromatic carbocycles. The van der Waals surface area contributed by atoms with Crippen molar-refractivity contribution in [1.82, 2.24) is 0 Å². The van der Waals surface area contributed by atoms with E-state index in [4.69, 9.17) is 0 Å². The van der Waals surface area contributed by atoms with Crippen LogP contribution in [0.2, 0.25) is 0 Å². The Morgan fingerprint density at radius 1 is 0.385 bits per heavy atom. The van der Waals surface area contributed by atoms with Crippen LogP contribution in [0.25, 0.3) is 22.3 Å². The number of rotatable bonds is 3. The number of hydrogen-bond acceptors (Lipinski definition) is 2. The van der Waals surface area contributed by atoms with Gasteiger partial charge in [-0.1, -0.05) is 190 Å². The summed E-state index contributed by atoms with van der Waals surface area (Å²) in [5.74, 6) is 0. The average Bonchev–Trinajstić information content (AvgIpc) is 2.33. The Labute approximate surface area is 470 Å². The van der Waals surface area contributed by atoms with E-state index in [0.29, 0.717) is 0 Å². The zero-order valence-electron chi connectivity index (χ0n) is 51.1. The minimum atomic E-state index is -0.293. The molecule has 78 heavy (non-hydrogen) atoms. The van der Waals surface area contributed by atoms with Crippen molar-refractivity contribution in [2.45, 2.75) is 213 Å². The van der Waals surface area contributed by atoms with Crippen LogP contribution in [-0.4, -0.2) is 6.71 Å². The lowest BCUT2D eigenvalue weighted by molar-refractivity contribution is 0.331. The van der Waals surface area contributed by atoms with Crippen LogP contribution < -0.4 is 26.2 Å². The number of nitrogens with zero attached hydrogens (tertiary/aromatic N) is 2. The molecule has 0 spiro atoms. The molecule has 0 amide bonds. The van der Waals surface area contributed by atoms with E-state index in [1.165, 1.54) is 167 Å². The average molecular weight is 1030 g/mol. The summed E-state index contributed by atoms with van der Waals surface area (Å²) in [5.41, 5.74) is 33.6. The van der Waals surface area contributed by atoms with Gasteiger partial charge in [0.05, 0.1) is 0 Å². The van der Waals surface area contributed by atoms with Crippen molar-refractivity contribution in [3.63, 3.8) is 0 Å². The van der Waals surface area contributed by atoms with Crippen molar-refractivity contribution in [2.24, 2.45) is 0 Å². The summed E-state index contributed by atoms with van der Waals surface area (Å²) >= 11 is 0. The predicted octanol–water partition coefficient (Wildman–Crippen LogP) is 18.7. The Hall–Kier alpha value is -5.80. The Bertz CT molecular complexity index is 3730. The molecule has 2 heterocycles. The molecule has 13 rings (SSSR count). The fraction of sp³-hybridized carbons (Fsp3) is 0.440. The van der Waals surface area contributed by atoms with Crippen LogP contribution in [0.3, 0.4) is 0 Å².